The third kappa shape index (κ3) is 4.61. The third-order valence-electron chi connectivity index (χ3n) is 4.01. The van der Waals surface area contributed by atoms with Crippen molar-refractivity contribution in [1.82, 2.24) is 4.90 Å². The predicted octanol–water partition coefficient (Wildman–Crippen LogP) is 4.46. The Labute approximate surface area is 165 Å². The van der Waals surface area contributed by atoms with E-state index < -0.39 is 5.25 Å². The second-order valence-corrected chi connectivity index (χ2v) is 8.28. The summed E-state index contributed by atoms with van der Waals surface area (Å²) in [5.74, 6) is -0.581. The maximum Gasteiger partial charge on any atom is 0.262 e. The van der Waals surface area contributed by atoms with Gasteiger partial charge in [-0.1, -0.05) is 46.6 Å². The normalized spacial score (nSPS) is 20.6. The lowest BCUT2D eigenvalue weighted by molar-refractivity contribution is -0.121. The number of carbonyl (C=O) groups excluding carboxylic acids is 2. The summed E-state index contributed by atoms with van der Waals surface area (Å²) in [6, 6.07) is 2.96. The SMILES string of the molecule is O=C(C[C@@H]1SC(N2CCCCC2)=NC1=O)Nc1cc(Cl)c(Cl)cc1Cl. The molecule has 3 rings (SSSR count). The zero-order chi connectivity index (χ0) is 18.0. The molecule has 0 spiro atoms. The number of carbonyl (C=O) groups is 2. The van der Waals surface area contributed by atoms with E-state index in [9.17, 15) is 9.59 Å². The lowest BCUT2D eigenvalue weighted by Crippen LogP contribution is -2.33. The van der Waals surface area contributed by atoms with Gasteiger partial charge in [0.25, 0.3) is 5.91 Å². The molecule has 2 amide bonds. The molecule has 2 heterocycles. The molecule has 1 aromatic rings. The Bertz CT molecular complexity index is 736. The molecule has 1 aromatic carbocycles. The van der Waals surface area contributed by atoms with Crippen molar-refractivity contribution in [3.63, 3.8) is 0 Å². The number of thioether (sulfide) groups is 1. The van der Waals surface area contributed by atoms with Crippen LogP contribution in [0.4, 0.5) is 5.69 Å². The average Bonchev–Trinajstić information content (AvgIpc) is 2.94. The van der Waals surface area contributed by atoms with Crippen molar-refractivity contribution in [1.29, 1.82) is 0 Å². The number of amidine groups is 1. The fourth-order valence-electron chi connectivity index (χ4n) is 2.72. The maximum atomic E-state index is 12.3. The van der Waals surface area contributed by atoms with Gasteiger partial charge in [-0.05, 0) is 31.4 Å². The van der Waals surface area contributed by atoms with Crippen molar-refractivity contribution in [2.75, 3.05) is 18.4 Å². The summed E-state index contributed by atoms with van der Waals surface area (Å²) in [6.45, 7) is 1.83. The molecule has 0 aromatic heterocycles. The summed E-state index contributed by atoms with van der Waals surface area (Å²) in [7, 11) is 0. The minimum atomic E-state index is -0.501. The van der Waals surface area contributed by atoms with E-state index in [1.54, 1.807) is 0 Å². The number of aliphatic imine (C=N–C) groups is 1. The maximum absolute atomic E-state index is 12.3. The predicted molar refractivity (Wildman–Crippen MR) is 104 cm³/mol. The smallest absolute Gasteiger partial charge is 0.262 e. The van der Waals surface area contributed by atoms with Gasteiger partial charge in [0.15, 0.2) is 5.17 Å². The summed E-state index contributed by atoms with van der Waals surface area (Å²) >= 11 is 19.2. The van der Waals surface area contributed by atoms with Gasteiger partial charge in [-0.3, -0.25) is 9.59 Å². The average molecular weight is 421 g/mol. The van der Waals surface area contributed by atoms with Gasteiger partial charge in [-0.2, -0.15) is 4.99 Å². The van der Waals surface area contributed by atoms with E-state index in [1.807, 2.05) is 0 Å². The molecular weight excluding hydrogens is 405 g/mol. The van der Waals surface area contributed by atoms with Gasteiger partial charge < -0.3 is 10.2 Å². The van der Waals surface area contributed by atoms with Crippen LogP contribution < -0.4 is 5.32 Å². The molecule has 0 bridgehead atoms. The standard InChI is InChI=1S/C16H16Cl3N3O2S/c17-9-6-11(19)12(7-10(9)18)20-14(23)8-13-15(24)21-16(25-13)22-4-2-1-3-5-22/h6-7,13H,1-5,8H2,(H,20,23)/t13-/m0/s1. The topological polar surface area (TPSA) is 61.8 Å². The fourth-order valence-corrected chi connectivity index (χ4v) is 4.43. The van der Waals surface area contributed by atoms with Gasteiger partial charge in [-0.25, -0.2) is 0 Å². The van der Waals surface area contributed by atoms with E-state index >= 15 is 0 Å². The first-order valence-corrected chi connectivity index (χ1v) is 9.94. The molecule has 0 radical (unpaired) electrons. The molecule has 1 atom stereocenters. The van der Waals surface area contributed by atoms with Gasteiger partial charge >= 0.3 is 0 Å². The van der Waals surface area contributed by atoms with Crippen molar-refractivity contribution >= 4 is 69.2 Å². The van der Waals surface area contributed by atoms with Crippen LogP contribution in [0, 0.1) is 0 Å². The molecule has 9 heteroatoms. The van der Waals surface area contributed by atoms with Crippen molar-refractivity contribution in [2.24, 2.45) is 4.99 Å². The number of nitrogens with zero attached hydrogens (tertiary/aromatic N) is 2. The highest BCUT2D eigenvalue weighted by molar-refractivity contribution is 8.15. The first-order valence-electron chi connectivity index (χ1n) is 7.92. The molecule has 1 saturated heterocycles. The Kier molecular flexibility index (Phi) is 6.15. The zero-order valence-corrected chi connectivity index (χ0v) is 16.3. The first kappa shape index (κ1) is 18.8. The van der Waals surface area contributed by atoms with Crippen molar-refractivity contribution in [2.45, 2.75) is 30.9 Å². The van der Waals surface area contributed by atoms with Gasteiger partial charge in [0.1, 0.15) is 5.25 Å². The molecule has 25 heavy (non-hydrogen) atoms. The number of likely N-dealkylation sites (tertiary alicyclic amines) is 1. The lowest BCUT2D eigenvalue weighted by Gasteiger charge is -2.27. The minimum Gasteiger partial charge on any atom is -0.351 e. The summed E-state index contributed by atoms with van der Waals surface area (Å²) in [5, 5.41) is 3.80. The van der Waals surface area contributed by atoms with Crippen LogP contribution in [0.5, 0.6) is 0 Å². The van der Waals surface area contributed by atoms with Crippen LogP contribution >= 0.6 is 46.6 Å². The summed E-state index contributed by atoms with van der Waals surface area (Å²) in [4.78, 5) is 30.6. The monoisotopic (exact) mass is 419 g/mol. The van der Waals surface area contributed by atoms with Crippen LogP contribution in [-0.2, 0) is 9.59 Å². The number of amides is 2. The Balaban J connectivity index is 1.59. The molecule has 0 unspecified atom stereocenters. The molecule has 1 fully saturated rings. The first-order chi connectivity index (χ1) is 11.9. The zero-order valence-electron chi connectivity index (χ0n) is 13.2. The summed E-state index contributed by atoms with van der Waals surface area (Å²) < 4.78 is 0. The molecule has 5 nitrogen and oxygen atoms in total. The van der Waals surface area contributed by atoms with Crippen molar-refractivity contribution in [3.05, 3.63) is 27.2 Å². The number of piperidine rings is 1. The highest BCUT2D eigenvalue weighted by Crippen LogP contribution is 2.33. The van der Waals surface area contributed by atoms with Crippen molar-refractivity contribution < 1.29 is 9.59 Å². The quantitative estimate of drug-likeness (QED) is 0.733. The summed E-state index contributed by atoms with van der Waals surface area (Å²) in [5.41, 5.74) is 0.369. The molecule has 1 N–H and O–H groups in total. The third-order valence-corrected chi connectivity index (χ3v) is 6.26. The number of anilines is 1. The van der Waals surface area contributed by atoms with Gasteiger partial charge in [0.05, 0.1) is 20.8 Å². The molecule has 2 aliphatic heterocycles. The second-order valence-electron chi connectivity index (χ2n) is 5.89. The molecule has 134 valence electrons. The van der Waals surface area contributed by atoms with Crippen LogP contribution in [0.15, 0.2) is 17.1 Å². The Hall–Kier alpha value is -0.950. The number of hydrogen-bond donors (Lipinski definition) is 1. The van der Waals surface area contributed by atoms with Crippen molar-refractivity contribution in [3.8, 4) is 0 Å². The number of hydrogen-bond acceptors (Lipinski definition) is 4. The van der Waals surface area contributed by atoms with Crippen LogP contribution in [0.25, 0.3) is 0 Å². The van der Waals surface area contributed by atoms with Gasteiger partial charge in [-0.15, -0.1) is 0 Å². The Morgan fingerprint density at radius 1 is 1.16 bits per heavy atom. The van der Waals surface area contributed by atoms with E-state index in [0.717, 1.165) is 31.1 Å². The van der Waals surface area contributed by atoms with Gasteiger partial charge in [0, 0.05) is 19.5 Å². The molecular formula is C16H16Cl3N3O2S. The molecule has 0 aliphatic carbocycles. The summed E-state index contributed by atoms with van der Waals surface area (Å²) in [6.07, 6.45) is 3.45. The van der Waals surface area contributed by atoms with Crippen LogP contribution in [0.1, 0.15) is 25.7 Å². The minimum absolute atomic E-state index is 0.0287. The number of rotatable bonds is 3. The highest BCUT2D eigenvalue weighted by Gasteiger charge is 2.33. The van der Waals surface area contributed by atoms with Crippen LogP contribution in [0.2, 0.25) is 15.1 Å². The van der Waals surface area contributed by atoms with E-state index in [0.29, 0.717) is 20.8 Å². The van der Waals surface area contributed by atoms with Crippen LogP contribution in [0.3, 0.4) is 0 Å². The van der Waals surface area contributed by atoms with Gasteiger partial charge in [0.2, 0.25) is 5.91 Å². The Morgan fingerprint density at radius 2 is 1.84 bits per heavy atom. The number of nitrogens with one attached hydrogen (secondary N) is 1. The fraction of sp³-hybridized carbons (Fsp3) is 0.438. The number of halogens is 3. The lowest BCUT2D eigenvalue weighted by atomic mass is 10.1. The molecule has 0 saturated carbocycles. The highest BCUT2D eigenvalue weighted by atomic mass is 35.5. The Morgan fingerprint density at radius 3 is 2.56 bits per heavy atom. The molecule has 2 aliphatic rings. The van der Waals surface area contributed by atoms with E-state index in [4.69, 9.17) is 34.8 Å². The van der Waals surface area contributed by atoms with Crippen LogP contribution in [-0.4, -0.2) is 40.2 Å². The number of benzene rings is 1. The second kappa shape index (κ2) is 8.16. The van der Waals surface area contributed by atoms with E-state index in [2.05, 4.69) is 15.2 Å². The van der Waals surface area contributed by atoms with E-state index in [1.165, 1.54) is 30.3 Å². The van der Waals surface area contributed by atoms with E-state index in [-0.39, 0.29) is 18.2 Å². The largest absolute Gasteiger partial charge is 0.351 e.